The van der Waals surface area contributed by atoms with Crippen molar-refractivity contribution in [2.24, 2.45) is 5.92 Å². The zero-order chi connectivity index (χ0) is 11.3. The van der Waals surface area contributed by atoms with Gasteiger partial charge < -0.3 is 10.2 Å². The van der Waals surface area contributed by atoms with Crippen LogP contribution in [0, 0.1) is 5.92 Å². The van der Waals surface area contributed by atoms with Crippen LogP contribution in [0.1, 0.15) is 26.0 Å². The van der Waals surface area contributed by atoms with E-state index in [1.165, 1.54) is 6.42 Å². The van der Waals surface area contributed by atoms with Crippen molar-refractivity contribution in [2.75, 3.05) is 25.5 Å². The van der Waals surface area contributed by atoms with E-state index in [9.17, 15) is 0 Å². The first-order chi connectivity index (χ1) is 7.13. The molecule has 0 fully saturated rings. The summed E-state index contributed by atoms with van der Waals surface area (Å²) in [6, 6.07) is 0. The zero-order valence-electron chi connectivity index (χ0n) is 10.1. The Bertz CT molecular complexity index is 283. The molecule has 1 N–H and O–H groups in total. The number of nitrogens with one attached hydrogen (secondary N) is 1. The van der Waals surface area contributed by atoms with Gasteiger partial charge in [-0.1, -0.05) is 13.8 Å². The van der Waals surface area contributed by atoms with Crippen molar-refractivity contribution in [1.29, 1.82) is 0 Å². The second-order valence-electron chi connectivity index (χ2n) is 4.26. The van der Waals surface area contributed by atoms with E-state index in [2.05, 4.69) is 41.5 Å². The number of aromatic nitrogens is 1. The Morgan fingerprint density at radius 3 is 2.87 bits per heavy atom. The van der Waals surface area contributed by atoms with Gasteiger partial charge in [0.15, 0.2) is 5.13 Å². The summed E-state index contributed by atoms with van der Waals surface area (Å²) in [7, 11) is 4.06. The maximum absolute atomic E-state index is 4.56. The van der Waals surface area contributed by atoms with Crippen molar-refractivity contribution >= 4 is 16.5 Å². The van der Waals surface area contributed by atoms with E-state index in [-0.39, 0.29) is 0 Å². The largest absolute Gasteiger partial charge is 0.351 e. The SMILES string of the molecule is CNCc1csc(N(C)CCC(C)C)n1. The van der Waals surface area contributed by atoms with Crippen LogP contribution in [0.2, 0.25) is 0 Å². The highest BCUT2D eigenvalue weighted by atomic mass is 32.1. The number of hydrogen-bond acceptors (Lipinski definition) is 4. The molecule has 0 amide bonds. The van der Waals surface area contributed by atoms with Crippen molar-refractivity contribution in [3.8, 4) is 0 Å². The third-order valence-corrected chi connectivity index (χ3v) is 3.27. The van der Waals surface area contributed by atoms with Gasteiger partial charge >= 0.3 is 0 Å². The highest BCUT2D eigenvalue weighted by molar-refractivity contribution is 7.13. The average molecular weight is 227 g/mol. The molecular formula is C11H21N3S. The maximum Gasteiger partial charge on any atom is 0.185 e. The van der Waals surface area contributed by atoms with Gasteiger partial charge in [0.25, 0.3) is 0 Å². The highest BCUT2D eigenvalue weighted by Crippen LogP contribution is 2.19. The van der Waals surface area contributed by atoms with E-state index in [1.807, 2.05) is 7.05 Å². The van der Waals surface area contributed by atoms with E-state index in [0.717, 1.165) is 29.8 Å². The fraction of sp³-hybridized carbons (Fsp3) is 0.727. The molecule has 0 aliphatic heterocycles. The second-order valence-corrected chi connectivity index (χ2v) is 5.09. The molecule has 0 saturated heterocycles. The van der Waals surface area contributed by atoms with Gasteiger partial charge in [-0.15, -0.1) is 11.3 Å². The molecule has 0 radical (unpaired) electrons. The minimum atomic E-state index is 0.754. The van der Waals surface area contributed by atoms with Gasteiger partial charge in [0.2, 0.25) is 0 Å². The first-order valence-corrected chi connectivity index (χ1v) is 6.31. The van der Waals surface area contributed by atoms with Crippen molar-refractivity contribution in [2.45, 2.75) is 26.8 Å². The quantitative estimate of drug-likeness (QED) is 0.808. The summed E-state index contributed by atoms with van der Waals surface area (Å²) in [6.07, 6.45) is 1.22. The predicted molar refractivity (Wildman–Crippen MR) is 67.6 cm³/mol. The summed E-state index contributed by atoms with van der Waals surface area (Å²) in [4.78, 5) is 6.80. The van der Waals surface area contributed by atoms with E-state index in [1.54, 1.807) is 11.3 Å². The molecule has 86 valence electrons. The normalized spacial score (nSPS) is 11.0. The van der Waals surface area contributed by atoms with E-state index in [4.69, 9.17) is 0 Å². The molecule has 0 unspecified atom stereocenters. The first kappa shape index (κ1) is 12.5. The minimum Gasteiger partial charge on any atom is -0.351 e. The molecule has 0 saturated carbocycles. The van der Waals surface area contributed by atoms with Crippen LogP contribution in [-0.4, -0.2) is 25.6 Å². The van der Waals surface area contributed by atoms with Gasteiger partial charge in [-0.25, -0.2) is 4.98 Å². The van der Waals surface area contributed by atoms with Crippen LogP contribution in [0.3, 0.4) is 0 Å². The fourth-order valence-electron chi connectivity index (χ4n) is 1.28. The Morgan fingerprint density at radius 2 is 2.27 bits per heavy atom. The van der Waals surface area contributed by atoms with Crippen LogP contribution in [0.5, 0.6) is 0 Å². The Labute approximate surface area is 96.5 Å². The maximum atomic E-state index is 4.56. The predicted octanol–water partition coefficient (Wildman–Crippen LogP) is 2.34. The summed E-state index contributed by atoms with van der Waals surface area (Å²) >= 11 is 1.72. The van der Waals surface area contributed by atoms with Crippen molar-refractivity contribution in [3.63, 3.8) is 0 Å². The summed E-state index contributed by atoms with van der Waals surface area (Å²) in [5.41, 5.74) is 1.13. The van der Waals surface area contributed by atoms with Crippen LogP contribution in [0.15, 0.2) is 5.38 Å². The Balaban J connectivity index is 2.46. The molecule has 0 aliphatic carbocycles. The van der Waals surface area contributed by atoms with Crippen LogP contribution < -0.4 is 10.2 Å². The third-order valence-electron chi connectivity index (χ3n) is 2.27. The van der Waals surface area contributed by atoms with Gasteiger partial charge in [0.1, 0.15) is 0 Å². The van der Waals surface area contributed by atoms with Gasteiger partial charge in [-0.05, 0) is 19.4 Å². The van der Waals surface area contributed by atoms with Crippen LogP contribution in [0.25, 0.3) is 0 Å². The third kappa shape index (κ3) is 4.18. The molecule has 0 atom stereocenters. The fourth-order valence-corrected chi connectivity index (χ4v) is 2.10. The molecular weight excluding hydrogens is 206 g/mol. The highest BCUT2D eigenvalue weighted by Gasteiger charge is 2.06. The molecule has 1 heterocycles. The number of anilines is 1. The lowest BCUT2D eigenvalue weighted by molar-refractivity contribution is 0.584. The van der Waals surface area contributed by atoms with E-state index in [0.29, 0.717) is 0 Å². The molecule has 1 aromatic heterocycles. The summed E-state index contributed by atoms with van der Waals surface area (Å²) in [5, 5.41) is 6.36. The lowest BCUT2D eigenvalue weighted by atomic mass is 10.1. The van der Waals surface area contributed by atoms with Gasteiger partial charge in [-0.2, -0.15) is 0 Å². The Kier molecular flexibility index (Phi) is 5.05. The smallest absolute Gasteiger partial charge is 0.185 e. The topological polar surface area (TPSA) is 28.2 Å². The minimum absolute atomic E-state index is 0.754. The summed E-state index contributed by atoms with van der Waals surface area (Å²) in [5.74, 6) is 0.754. The van der Waals surface area contributed by atoms with Crippen LogP contribution in [-0.2, 0) is 6.54 Å². The first-order valence-electron chi connectivity index (χ1n) is 5.43. The van der Waals surface area contributed by atoms with Gasteiger partial charge in [0.05, 0.1) is 5.69 Å². The molecule has 0 bridgehead atoms. The van der Waals surface area contributed by atoms with Crippen molar-refractivity contribution < 1.29 is 0 Å². The monoisotopic (exact) mass is 227 g/mol. The van der Waals surface area contributed by atoms with Crippen molar-refractivity contribution in [1.82, 2.24) is 10.3 Å². The molecule has 1 aromatic rings. The average Bonchev–Trinajstić information content (AvgIpc) is 2.63. The molecule has 3 nitrogen and oxygen atoms in total. The molecule has 0 spiro atoms. The number of nitrogens with zero attached hydrogens (tertiary/aromatic N) is 2. The van der Waals surface area contributed by atoms with Crippen molar-refractivity contribution in [3.05, 3.63) is 11.1 Å². The van der Waals surface area contributed by atoms with E-state index < -0.39 is 0 Å². The van der Waals surface area contributed by atoms with Gasteiger partial charge in [-0.3, -0.25) is 0 Å². The van der Waals surface area contributed by atoms with Crippen LogP contribution >= 0.6 is 11.3 Å². The Morgan fingerprint density at radius 1 is 1.53 bits per heavy atom. The standard InChI is InChI=1S/C11H21N3S/c1-9(2)5-6-14(4)11-13-10(7-12-3)8-15-11/h8-9,12H,5-7H2,1-4H3. The lowest BCUT2D eigenvalue weighted by Crippen LogP contribution is -2.19. The second kappa shape index (κ2) is 6.08. The van der Waals surface area contributed by atoms with Crippen LogP contribution in [0.4, 0.5) is 5.13 Å². The summed E-state index contributed by atoms with van der Waals surface area (Å²) in [6.45, 7) is 6.45. The number of rotatable bonds is 6. The van der Waals surface area contributed by atoms with Gasteiger partial charge in [0, 0.05) is 25.5 Å². The molecule has 0 aliphatic rings. The Hall–Kier alpha value is -0.610. The zero-order valence-corrected chi connectivity index (χ0v) is 10.9. The number of hydrogen-bond donors (Lipinski definition) is 1. The molecule has 1 rings (SSSR count). The number of thiazole rings is 1. The molecule has 15 heavy (non-hydrogen) atoms. The lowest BCUT2D eigenvalue weighted by Gasteiger charge is -2.16. The molecule has 0 aromatic carbocycles. The van der Waals surface area contributed by atoms with E-state index >= 15 is 0 Å². The summed E-state index contributed by atoms with van der Waals surface area (Å²) < 4.78 is 0. The molecule has 4 heteroatoms.